The second kappa shape index (κ2) is 6.51. The lowest BCUT2D eigenvalue weighted by molar-refractivity contribution is -0.140. The number of fused-ring (bicyclic) bond motifs is 1. The van der Waals surface area contributed by atoms with E-state index < -0.39 is 11.5 Å². The third-order valence-electron chi connectivity index (χ3n) is 4.74. The van der Waals surface area contributed by atoms with Gasteiger partial charge < -0.3 is 15.2 Å². The Bertz CT molecular complexity index is 780. The number of carbonyl (C=O) groups is 2. The standard InChI is InChI=1S/C19H21NO4/c1-24-15-7-6-13-4-2-5-14(16(13)11-15)10-17(21)20-19(8-3-9-19)12-18(22)23/h2,4-7,11H,3,8-10,12H2,1H3,(H,20,21)(H,22,23). The zero-order valence-corrected chi connectivity index (χ0v) is 13.7. The van der Waals surface area contributed by atoms with Crippen molar-refractivity contribution in [2.24, 2.45) is 0 Å². The number of carboxylic acids is 1. The SMILES string of the molecule is COc1ccc2cccc(CC(=O)NC3(CC(=O)O)CCC3)c2c1. The quantitative estimate of drug-likeness (QED) is 0.855. The predicted molar refractivity (Wildman–Crippen MR) is 91.2 cm³/mol. The van der Waals surface area contributed by atoms with Gasteiger partial charge in [-0.3, -0.25) is 9.59 Å². The fourth-order valence-electron chi connectivity index (χ4n) is 3.35. The van der Waals surface area contributed by atoms with Crippen LogP contribution in [0.1, 0.15) is 31.2 Å². The van der Waals surface area contributed by atoms with E-state index in [1.165, 1.54) is 0 Å². The summed E-state index contributed by atoms with van der Waals surface area (Å²) in [5.74, 6) is -0.257. The Balaban J connectivity index is 1.79. The van der Waals surface area contributed by atoms with E-state index in [0.717, 1.165) is 41.3 Å². The number of methoxy groups -OCH3 is 1. The van der Waals surface area contributed by atoms with Gasteiger partial charge in [0.2, 0.25) is 5.91 Å². The third-order valence-corrected chi connectivity index (χ3v) is 4.74. The number of carbonyl (C=O) groups excluding carboxylic acids is 1. The molecular weight excluding hydrogens is 306 g/mol. The van der Waals surface area contributed by atoms with E-state index in [1.54, 1.807) is 7.11 Å². The Kier molecular flexibility index (Phi) is 4.42. The van der Waals surface area contributed by atoms with Crippen LogP contribution in [0, 0.1) is 0 Å². The maximum absolute atomic E-state index is 12.5. The fourth-order valence-corrected chi connectivity index (χ4v) is 3.35. The van der Waals surface area contributed by atoms with Gasteiger partial charge in [0.25, 0.3) is 0 Å². The minimum Gasteiger partial charge on any atom is -0.497 e. The molecule has 0 aliphatic heterocycles. The molecule has 2 N–H and O–H groups in total. The molecule has 5 heteroatoms. The highest BCUT2D eigenvalue weighted by Gasteiger charge is 2.40. The second-order valence-electron chi connectivity index (χ2n) is 6.43. The summed E-state index contributed by atoms with van der Waals surface area (Å²) in [6, 6.07) is 11.6. The first-order chi connectivity index (χ1) is 11.5. The zero-order valence-electron chi connectivity index (χ0n) is 13.7. The normalized spacial score (nSPS) is 15.5. The predicted octanol–water partition coefficient (Wildman–Crippen LogP) is 2.90. The van der Waals surface area contributed by atoms with Crippen molar-refractivity contribution in [2.45, 2.75) is 37.6 Å². The molecule has 0 unspecified atom stereocenters. The highest BCUT2D eigenvalue weighted by molar-refractivity contribution is 5.91. The van der Waals surface area contributed by atoms with Gasteiger partial charge in [0.05, 0.1) is 25.5 Å². The van der Waals surface area contributed by atoms with Crippen molar-refractivity contribution in [1.29, 1.82) is 0 Å². The van der Waals surface area contributed by atoms with Crippen molar-refractivity contribution in [3.05, 3.63) is 42.0 Å². The van der Waals surface area contributed by atoms with E-state index in [2.05, 4.69) is 5.32 Å². The summed E-state index contributed by atoms with van der Waals surface area (Å²) in [4.78, 5) is 23.5. The Morgan fingerprint density at radius 1 is 1.25 bits per heavy atom. The largest absolute Gasteiger partial charge is 0.497 e. The molecule has 3 rings (SSSR count). The van der Waals surface area contributed by atoms with E-state index in [4.69, 9.17) is 9.84 Å². The van der Waals surface area contributed by atoms with Gasteiger partial charge in [-0.2, -0.15) is 0 Å². The molecule has 1 amide bonds. The van der Waals surface area contributed by atoms with Crippen molar-refractivity contribution < 1.29 is 19.4 Å². The molecule has 1 fully saturated rings. The van der Waals surface area contributed by atoms with Gasteiger partial charge in [-0.05, 0) is 47.7 Å². The summed E-state index contributed by atoms with van der Waals surface area (Å²) in [6.45, 7) is 0. The van der Waals surface area contributed by atoms with Gasteiger partial charge in [-0.15, -0.1) is 0 Å². The zero-order chi connectivity index (χ0) is 17.2. The van der Waals surface area contributed by atoms with Gasteiger partial charge in [0.1, 0.15) is 5.75 Å². The first-order valence-corrected chi connectivity index (χ1v) is 8.10. The van der Waals surface area contributed by atoms with E-state index in [1.807, 2.05) is 36.4 Å². The molecular formula is C19H21NO4. The third kappa shape index (κ3) is 3.35. The van der Waals surface area contributed by atoms with Crippen LogP contribution in [0.15, 0.2) is 36.4 Å². The average molecular weight is 327 g/mol. The summed E-state index contributed by atoms with van der Waals surface area (Å²) in [5.41, 5.74) is 0.347. The van der Waals surface area contributed by atoms with Crippen molar-refractivity contribution in [3.63, 3.8) is 0 Å². The molecule has 24 heavy (non-hydrogen) atoms. The fraction of sp³-hybridized carbons (Fsp3) is 0.368. The number of carboxylic acid groups (broad SMARTS) is 1. The lowest BCUT2D eigenvalue weighted by Gasteiger charge is -2.41. The number of ether oxygens (including phenoxy) is 1. The number of amides is 1. The van der Waals surface area contributed by atoms with Crippen LogP contribution in [0.4, 0.5) is 0 Å². The summed E-state index contributed by atoms with van der Waals surface area (Å²) in [7, 11) is 1.61. The first kappa shape index (κ1) is 16.3. The van der Waals surface area contributed by atoms with Crippen LogP contribution in [0.3, 0.4) is 0 Å². The average Bonchev–Trinajstić information content (AvgIpc) is 2.52. The van der Waals surface area contributed by atoms with Crippen LogP contribution in [0.25, 0.3) is 10.8 Å². The highest BCUT2D eigenvalue weighted by Crippen LogP contribution is 2.35. The van der Waals surface area contributed by atoms with Crippen LogP contribution < -0.4 is 10.1 Å². The molecule has 0 atom stereocenters. The molecule has 0 bridgehead atoms. The molecule has 2 aromatic rings. The molecule has 1 saturated carbocycles. The Morgan fingerprint density at radius 2 is 2.04 bits per heavy atom. The molecule has 0 aromatic heterocycles. The molecule has 0 radical (unpaired) electrons. The number of aliphatic carboxylic acids is 1. The summed E-state index contributed by atoms with van der Waals surface area (Å²) < 4.78 is 5.27. The van der Waals surface area contributed by atoms with Gasteiger partial charge >= 0.3 is 5.97 Å². The van der Waals surface area contributed by atoms with E-state index in [0.29, 0.717) is 0 Å². The van der Waals surface area contributed by atoms with Crippen molar-refractivity contribution in [2.75, 3.05) is 7.11 Å². The molecule has 0 saturated heterocycles. The van der Waals surface area contributed by atoms with Crippen LogP contribution >= 0.6 is 0 Å². The molecule has 5 nitrogen and oxygen atoms in total. The molecule has 1 aliphatic carbocycles. The van der Waals surface area contributed by atoms with Crippen LogP contribution in [0.2, 0.25) is 0 Å². The van der Waals surface area contributed by atoms with E-state index in [9.17, 15) is 9.59 Å². The first-order valence-electron chi connectivity index (χ1n) is 8.10. The molecule has 1 aliphatic rings. The van der Waals surface area contributed by atoms with Gasteiger partial charge in [-0.1, -0.05) is 24.3 Å². The number of hydrogen-bond donors (Lipinski definition) is 2. The smallest absolute Gasteiger partial charge is 0.305 e. The Morgan fingerprint density at radius 3 is 2.67 bits per heavy atom. The lowest BCUT2D eigenvalue weighted by Crippen LogP contribution is -2.55. The molecule has 126 valence electrons. The van der Waals surface area contributed by atoms with E-state index >= 15 is 0 Å². The topological polar surface area (TPSA) is 75.6 Å². The maximum atomic E-state index is 12.5. The Hall–Kier alpha value is -2.56. The van der Waals surface area contributed by atoms with E-state index in [-0.39, 0.29) is 18.7 Å². The van der Waals surface area contributed by atoms with Gasteiger partial charge in [0.15, 0.2) is 0 Å². The number of rotatable bonds is 6. The minimum atomic E-state index is -0.870. The van der Waals surface area contributed by atoms with Crippen molar-refractivity contribution in [1.82, 2.24) is 5.32 Å². The summed E-state index contributed by atoms with van der Waals surface area (Å²) in [6.07, 6.45) is 2.63. The Labute approximate surface area is 140 Å². The molecule has 0 heterocycles. The van der Waals surface area contributed by atoms with Crippen LogP contribution in [-0.4, -0.2) is 29.6 Å². The number of nitrogens with one attached hydrogen (secondary N) is 1. The molecule has 0 spiro atoms. The second-order valence-corrected chi connectivity index (χ2v) is 6.43. The maximum Gasteiger partial charge on any atom is 0.305 e. The lowest BCUT2D eigenvalue weighted by atomic mass is 9.74. The summed E-state index contributed by atoms with van der Waals surface area (Å²) in [5, 5.41) is 14.0. The van der Waals surface area contributed by atoms with Crippen molar-refractivity contribution in [3.8, 4) is 5.75 Å². The van der Waals surface area contributed by atoms with Gasteiger partial charge in [0, 0.05) is 0 Å². The minimum absolute atomic E-state index is 0.0118. The van der Waals surface area contributed by atoms with Crippen LogP contribution in [0.5, 0.6) is 5.75 Å². The number of hydrogen-bond acceptors (Lipinski definition) is 3. The van der Waals surface area contributed by atoms with Crippen molar-refractivity contribution >= 4 is 22.6 Å². The van der Waals surface area contributed by atoms with Crippen LogP contribution in [-0.2, 0) is 16.0 Å². The molecule has 2 aromatic carbocycles. The summed E-state index contributed by atoms with van der Waals surface area (Å²) >= 11 is 0. The number of benzene rings is 2. The highest BCUT2D eigenvalue weighted by atomic mass is 16.5. The van der Waals surface area contributed by atoms with Gasteiger partial charge in [-0.25, -0.2) is 0 Å². The monoisotopic (exact) mass is 327 g/mol.